The summed E-state index contributed by atoms with van der Waals surface area (Å²) >= 11 is 0. The Morgan fingerprint density at radius 3 is 3.00 bits per heavy atom. The maximum Gasteiger partial charge on any atom is 0.180 e. The summed E-state index contributed by atoms with van der Waals surface area (Å²) in [4.78, 5) is 16.5. The van der Waals surface area contributed by atoms with E-state index in [0.717, 1.165) is 18.7 Å². The van der Waals surface area contributed by atoms with Crippen molar-refractivity contribution >= 4 is 24.2 Å². The molecular weight excluding hydrogens is 154 g/mol. The molecule has 0 amide bonds. The van der Waals surface area contributed by atoms with Crippen molar-refractivity contribution in [2.75, 3.05) is 6.54 Å². The molecule has 3 aliphatic rings. The normalized spacial score (nSPS) is 36.0. The minimum atomic E-state index is -0.284. The van der Waals surface area contributed by atoms with E-state index in [0.29, 0.717) is 5.84 Å². The van der Waals surface area contributed by atoms with Crippen LogP contribution in [0.4, 0.5) is 0 Å². The van der Waals surface area contributed by atoms with Gasteiger partial charge in [-0.25, -0.2) is 20.0 Å². The highest BCUT2D eigenvalue weighted by Gasteiger charge is 2.45. The first-order valence-electron chi connectivity index (χ1n) is 3.88. The second kappa shape index (κ2) is 1.87. The predicted octanol–water partition coefficient (Wildman–Crippen LogP) is -0.401. The lowest BCUT2D eigenvalue weighted by molar-refractivity contribution is 0.313. The lowest BCUT2D eigenvalue weighted by Crippen LogP contribution is -2.63. The second-order valence-electron chi connectivity index (χ2n) is 2.96. The molecule has 5 nitrogen and oxygen atoms in total. The summed E-state index contributed by atoms with van der Waals surface area (Å²) in [6.45, 7) is 0.990. The summed E-state index contributed by atoms with van der Waals surface area (Å²) in [6, 6.07) is 0. The van der Waals surface area contributed by atoms with Crippen LogP contribution < -0.4 is 5.32 Å². The summed E-state index contributed by atoms with van der Waals surface area (Å²) < 4.78 is 0. The highest BCUT2D eigenvalue weighted by molar-refractivity contribution is 6.50. The van der Waals surface area contributed by atoms with Gasteiger partial charge in [-0.3, -0.25) is 5.32 Å². The number of hydrogen-bond donors (Lipinski definition) is 1. The number of nitrogens with one attached hydrogen (secondary N) is 1. The van der Waals surface area contributed by atoms with Crippen molar-refractivity contribution in [3.05, 3.63) is 0 Å². The molecule has 0 aromatic heterocycles. The lowest BCUT2D eigenvalue weighted by atomic mass is 9.92. The zero-order valence-corrected chi connectivity index (χ0v) is 6.36. The minimum absolute atomic E-state index is 0.284. The molecule has 60 valence electrons. The molecule has 0 aromatic carbocycles. The van der Waals surface area contributed by atoms with E-state index >= 15 is 0 Å². The Bertz CT molecular complexity index is 345. The van der Waals surface area contributed by atoms with E-state index in [1.165, 1.54) is 6.34 Å². The van der Waals surface area contributed by atoms with Gasteiger partial charge in [0.15, 0.2) is 11.5 Å². The molecule has 1 unspecified atom stereocenters. The Morgan fingerprint density at radius 1 is 1.33 bits per heavy atom. The monoisotopic (exact) mass is 161 g/mol. The van der Waals surface area contributed by atoms with Gasteiger partial charge < -0.3 is 0 Å². The Morgan fingerprint density at radius 2 is 2.25 bits per heavy atom. The van der Waals surface area contributed by atoms with Crippen molar-refractivity contribution in [3.8, 4) is 0 Å². The zero-order valence-electron chi connectivity index (χ0n) is 6.36. The molecule has 3 heterocycles. The van der Waals surface area contributed by atoms with Gasteiger partial charge in [-0.05, 0) is 0 Å². The van der Waals surface area contributed by atoms with Crippen LogP contribution in [0.5, 0.6) is 0 Å². The predicted molar refractivity (Wildman–Crippen MR) is 47.2 cm³/mol. The number of fused-ring (bicyclic) bond motifs is 2. The van der Waals surface area contributed by atoms with Gasteiger partial charge in [0.1, 0.15) is 18.4 Å². The number of hydrogen-bond acceptors (Lipinski definition) is 5. The molecule has 1 saturated heterocycles. The van der Waals surface area contributed by atoms with Gasteiger partial charge in [-0.1, -0.05) is 0 Å². The Hall–Kier alpha value is -1.36. The fraction of sp³-hybridized carbons (Fsp3) is 0.429. The minimum Gasteiger partial charge on any atom is -0.288 e. The fourth-order valence-electron chi connectivity index (χ4n) is 1.56. The van der Waals surface area contributed by atoms with E-state index in [-0.39, 0.29) is 5.66 Å². The number of amidine groups is 1. The van der Waals surface area contributed by atoms with Crippen LogP contribution in [0.15, 0.2) is 20.0 Å². The molecule has 5 heteroatoms. The molecule has 1 spiro atoms. The first kappa shape index (κ1) is 6.19. The largest absolute Gasteiger partial charge is 0.288 e. The lowest BCUT2D eigenvalue weighted by Gasteiger charge is -2.39. The first-order valence-corrected chi connectivity index (χ1v) is 3.88. The van der Waals surface area contributed by atoms with E-state index < -0.39 is 0 Å². The summed E-state index contributed by atoms with van der Waals surface area (Å²) in [7, 11) is 0. The number of nitrogens with zero attached hydrogens (tertiary/aromatic N) is 4. The molecule has 12 heavy (non-hydrogen) atoms. The topological polar surface area (TPSA) is 61.5 Å². The van der Waals surface area contributed by atoms with Crippen LogP contribution >= 0.6 is 0 Å². The highest BCUT2D eigenvalue weighted by atomic mass is 15.3. The SMILES string of the molecule is C1=NC2=NC=NC3(CCN3)C2=N1. The van der Waals surface area contributed by atoms with Crippen molar-refractivity contribution in [2.45, 2.75) is 12.1 Å². The molecule has 1 atom stereocenters. The fourth-order valence-corrected chi connectivity index (χ4v) is 1.56. The van der Waals surface area contributed by atoms with Crippen LogP contribution in [-0.4, -0.2) is 36.4 Å². The molecule has 0 aromatic rings. The third-order valence-electron chi connectivity index (χ3n) is 2.33. The van der Waals surface area contributed by atoms with Crippen molar-refractivity contribution in [2.24, 2.45) is 20.0 Å². The van der Waals surface area contributed by atoms with Crippen LogP contribution in [0.2, 0.25) is 0 Å². The first-order chi connectivity index (χ1) is 5.91. The molecule has 1 fully saturated rings. The third-order valence-corrected chi connectivity index (χ3v) is 2.33. The molecule has 3 aliphatic heterocycles. The number of rotatable bonds is 0. The Labute approximate surface area is 69.0 Å². The maximum absolute atomic E-state index is 4.27. The standard InChI is InChI=1S/C7H7N5/c1-2-11-7(1)5-6(9-3-8-5)10-4-12-7/h3-4,11H,1-2H2. The van der Waals surface area contributed by atoms with Crippen LogP contribution in [0.25, 0.3) is 0 Å². The van der Waals surface area contributed by atoms with Crippen LogP contribution in [0.3, 0.4) is 0 Å². The third kappa shape index (κ3) is 0.574. The van der Waals surface area contributed by atoms with Crippen LogP contribution in [0, 0.1) is 0 Å². The molecular formula is C7H7N5. The van der Waals surface area contributed by atoms with Gasteiger partial charge in [0, 0.05) is 13.0 Å². The average Bonchev–Trinajstić information content (AvgIpc) is 2.47. The summed E-state index contributed by atoms with van der Waals surface area (Å²) in [5.74, 6) is 0.706. The summed E-state index contributed by atoms with van der Waals surface area (Å²) in [5.41, 5.74) is 0.587. The summed E-state index contributed by atoms with van der Waals surface area (Å²) in [6.07, 6.45) is 4.08. The van der Waals surface area contributed by atoms with E-state index in [1.54, 1.807) is 6.34 Å². The van der Waals surface area contributed by atoms with Crippen molar-refractivity contribution in [1.82, 2.24) is 5.32 Å². The van der Waals surface area contributed by atoms with E-state index in [1.807, 2.05) is 0 Å². The van der Waals surface area contributed by atoms with Crippen molar-refractivity contribution in [1.29, 1.82) is 0 Å². The maximum atomic E-state index is 4.27. The van der Waals surface area contributed by atoms with Gasteiger partial charge in [0.25, 0.3) is 0 Å². The molecule has 0 saturated carbocycles. The van der Waals surface area contributed by atoms with Gasteiger partial charge in [-0.2, -0.15) is 0 Å². The van der Waals surface area contributed by atoms with Gasteiger partial charge in [0.05, 0.1) is 0 Å². The number of aliphatic imine (C=N–C) groups is 4. The second-order valence-corrected chi connectivity index (χ2v) is 2.96. The molecule has 1 N–H and O–H groups in total. The Kier molecular flexibility index (Phi) is 0.962. The van der Waals surface area contributed by atoms with Crippen molar-refractivity contribution < 1.29 is 0 Å². The highest BCUT2D eigenvalue weighted by Crippen LogP contribution is 2.26. The van der Waals surface area contributed by atoms with Crippen LogP contribution in [-0.2, 0) is 0 Å². The Balaban J connectivity index is 2.10. The zero-order chi connectivity index (χ0) is 8.02. The average molecular weight is 161 g/mol. The van der Waals surface area contributed by atoms with E-state index in [9.17, 15) is 0 Å². The smallest absolute Gasteiger partial charge is 0.180 e. The van der Waals surface area contributed by atoms with E-state index in [4.69, 9.17) is 0 Å². The quantitative estimate of drug-likeness (QED) is 0.516. The summed E-state index contributed by atoms with van der Waals surface area (Å²) in [5, 5.41) is 3.24. The molecule has 0 bridgehead atoms. The van der Waals surface area contributed by atoms with Gasteiger partial charge in [0.2, 0.25) is 0 Å². The molecule has 0 aliphatic carbocycles. The van der Waals surface area contributed by atoms with Gasteiger partial charge >= 0.3 is 0 Å². The molecule has 0 radical (unpaired) electrons. The van der Waals surface area contributed by atoms with Crippen molar-refractivity contribution in [3.63, 3.8) is 0 Å². The van der Waals surface area contributed by atoms with Gasteiger partial charge in [-0.15, -0.1) is 0 Å². The van der Waals surface area contributed by atoms with E-state index in [2.05, 4.69) is 25.3 Å². The van der Waals surface area contributed by atoms with Crippen LogP contribution in [0.1, 0.15) is 6.42 Å². The molecule has 3 rings (SSSR count).